The van der Waals surface area contributed by atoms with Gasteiger partial charge in [-0.2, -0.15) is 5.10 Å². The predicted octanol–water partition coefficient (Wildman–Crippen LogP) is 6.94. The highest BCUT2D eigenvalue weighted by molar-refractivity contribution is 7.13. The summed E-state index contributed by atoms with van der Waals surface area (Å²) in [6.07, 6.45) is 5.42. The fraction of sp³-hybridized carbons (Fsp3) is 0.207. The summed E-state index contributed by atoms with van der Waals surface area (Å²) >= 11 is 13.9. The number of nitrogens with zero attached hydrogens (tertiary/aromatic N) is 3. The molecule has 0 unspecified atom stereocenters. The van der Waals surface area contributed by atoms with E-state index in [0.717, 1.165) is 29.1 Å². The molecule has 2 aromatic carbocycles. The molecule has 0 spiro atoms. The van der Waals surface area contributed by atoms with Crippen LogP contribution in [0.25, 0.3) is 22.3 Å². The summed E-state index contributed by atoms with van der Waals surface area (Å²) in [5.41, 5.74) is 2.73. The van der Waals surface area contributed by atoms with Crippen molar-refractivity contribution in [3.05, 3.63) is 99.1 Å². The largest absolute Gasteiger partial charge is 0.337 e. The molecular formula is C29H26Cl2N4O2S. The van der Waals surface area contributed by atoms with Crippen LogP contribution < -0.4 is 5.32 Å². The zero-order valence-electron chi connectivity index (χ0n) is 20.7. The maximum atomic E-state index is 13.8. The molecule has 6 nitrogen and oxygen atoms in total. The van der Waals surface area contributed by atoms with Gasteiger partial charge in [0.1, 0.15) is 11.4 Å². The second-order valence-corrected chi connectivity index (χ2v) is 11.1. The van der Waals surface area contributed by atoms with E-state index >= 15 is 0 Å². The highest BCUT2D eigenvalue weighted by Gasteiger charge is 2.26. The molecule has 38 heavy (non-hydrogen) atoms. The maximum absolute atomic E-state index is 13.8. The van der Waals surface area contributed by atoms with Crippen molar-refractivity contribution in [2.45, 2.75) is 19.8 Å². The van der Waals surface area contributed by atoms with Gasteiger partial charge in [-0.1, -0.05) is 54.4 Å². The summed E-state index contributed by atoms with van der Waals surface area (Å²) in [5.74, 6) is -0.159. The molecule has 0 saturated carbocycles. The van der Waals surface area contributed by atoms with Gasteiger partial charge in [0.25, 0.3) is 11.8 Å². The molecule has 1 saturated heterocycles. The van der Waals surface area contributed by atoms with Crippen LogP contribution in [0.4, 0.5) is 0 Å². The van der Waals surface area contributed by atoms with Crippen LogP contribution in [0, 0.1) is 5.92 Å². The Labute approximate surface area is 235 Å². The third kappa shape index (κ3) is 5.85. The van der Waals surface area contributed by atoms with Crippen LogP contribution >= 0.6 is 34.5 Å². The van der Waals surface area contributed by atoms with Crippen molar-refractivity contribution in [2.75, 3.05) is 13.1 Å². The van der Waals surface area contributed by atoms with E-state index in [4.69, 9.17) is 28.3 Å². The lowest BCUT2D eigenvalue weighted by Crippen LogP contribution is -2.42. The Hall–Kier alpha value is -3.39. The molecule has 0 bridgehead atoms. The van der Waals surface area contributed by atoms with Gasteiger partial charge in [0.05, 0.1) is 21.2 Å². The summed E-state index contributed by atoms with van der Waals surface area (Å²) < 4.78 is 1.78. The van der Waals surface area contributed by atoms with Gasteiger partial charge in [-0.15, -0.1) is 11.3 Å². The molecular weight excluding hydrogens is 539 g/mol. The van der Waals surface area contributed by atoms with Crippen molar-refractivity contribution in [3.63, 3.8) is 0 Å². The number of carbonyl (C=O) groups excluding carboxylic acids is 2. The van der Waals surface area contributed by atoms with Gasteiger partial charge in [0, 0.05) is 29.9 Å². The summed E-state index contributed by atoms with van der Waals surface area (Å²) in [4.78, 5) is 29.8. The molecule has 1 N–H and O–H groups in total. The molecule has 1 aliphatic rings. The zero-order valence-corrected chi connectivity index (χ0v) is 23.1. The molecule has 4 aromatic rings. The average Bonchev–Trinajstić information content (AvgIpc) is 3.59. The summed E-state index contributed by atoms with van der Waals surface area (Å²) in [5, 5.41) is 10.3. The smallest absolute Gasteiger partial charge is 0.270 e. The average molecular weight is 566 g/mol. The molecule has 5 rings (SSSR count). The SMILES string of the molecule is CC1CCN(C(=O)C(=Cc2cn(-c3ccccc3)nc2-c2cccs2)NC(=O)c2ccc(Cl)cc2Cl)CC1. The Kier molecular flexibility index (Phi) is 7.98. The van der Waals surface area contributed by atoms with E-state index in [1.165, 1.54) is 6.07 Å². The maximum Gasteiger partial charge on any atom is 0.270 e. The fourth-order valence-corrected chi connectivity index (χ4v) is 5.59. The number of hydrogen-bond donors (Lipinski definition) is 1. The van der Waals surface area contributed by atoms with E-state index in [1.54, 1.807) is 39.1 Å². The van der Waals surface area contributed by atoms with Gasteiger partial charge in [-0.3, -0.25) is 9.59 Å². The molecule has 0 aliphatic carbocycles. The molecule has 0 radical (unpaired) electrons. The molecule has 2 amide bonds. The van der Waals surface area contributed by atoms with E-state index in [1.807, 2.05) is 54.0 Å². The number of thiophene rings is 1. The molecule has 194 valence electrons. The topological polar surface area (TPSA) is 67.2 Å². The van der Waals surface area contributed by atoms with Crippen LogP contribution in [0.3, 0.4) is 0 Å². The van der Waals surface area contributed by atoms with Crippen LogP contribution in [0.15, 0.2) is 77.9 Å². The monoisotopic (exact) mass is 564 g/mol. The van der Waals surface area contributed by atoms with Crippen LogP contribution in [0.1, 0.15) is 35.7 Å². The number of halogens is 2. The van der Waals surface area contributed by atoms with Crippen molar-refractivity contribution in [1.82, 2.24) is 20.0 Å². The van der Waals surface area contributed by atoms with Crippen molar-refractivity contribution in [2.24, 2.45) is 5.92 Å². The van der Waals surface area contributed by atoms with Crippen LogP contribution in [0.2, 0.25) is 10.0 Å². The highest BCUT2D eigenvalue weighted by Crippen LogP contribution is 2.30. The number of benzene rings is 2. The lowest BCUT2D eigenvalue weighted by atomic mass is 9.99. The third-order valence-electron chi connectivity index (χ3n) is 6.54. The number of likely N-dealkylation sites (tertiary alicyclic amines) is 1. The van der Waals surface area contributed by atoms with Crippen molar-refractivity contribution >= 4 is 52.4 Å². The Morgan fingerprint density at radius 3 is 2.50 bits per heavy atom. The second kappa shape index (κ2) is 11.6. The number of nitrogens with one attached hydrogen (secondary N) is 1. The molecule has 0 atom stereocenters. The minimum atomic E-state index is -0.482. The van der Waals surface area contributed by atoms with Gasteiger partial charge >= 0.3 is 0 Å². The molecule has 2 aromatic heterocycles. The first kappa shape index (κ1) is 26.2. The predicted molar refractivity (Wildman–Crippen MR) is 154 cm³/mol. The first-order chi connectivity index (χ1) is 18.4. The van der Waals surface area contributed by atoms with Crippen LogP contribution in [-0.2, 0) is 4.79 Å². The Morgan fingerprint density at radius 2 is 1.82 bits per heavy atom. The number of piperidine rings is 1. The standard InChI is InChI=1S/C29H26Cl2N4O2S/c1-19-11-13-34(14-12-19)29(37)25(32-28(36)23-10-9-21(30)17-24(23)31)16-20-18-35(22-6-3-2-4-7-22)33-27(20)26-8-5-15-38-26/h2-10,15-19H,11-14H2,1H3,(H,32,36). The number of carbonyl (C=O) groups is 2. The second-order valence-electron chi connectivity index (χ2n) is 9.30. The van der Waals surface area contributed by atoms with Crippen molar-refractivity contribution in [3.8, 4) is 16.3 Å². The molecule has 1 aliphatic heterocycles. The number of amides is 2. The van der Waals surface area contributed by atoms with E-state index < -0.39 is 5.91 Å². The van der Waals surface area contributed by atoms with Crippen molar-refractivity contribution < 1.29 is 9.59 Å². The summed E-state index contributed by atoms with van der Waals surface area (Å²) in [6, 6.07) is 18.4. The minimum Gasteiger partial charge on any atom is -0.337 e. The van der Waals surface area contributed by atoms with Gasteiger partial charge in [-0.05, 0) is 66.6 Å². The lowest BCUT2D eigenvalue weighted by Gasteiger charge is -2.31. The fourth-order valence-electron chi connectivity index (χ4n) is 4.36. The normalized spacial score (nSPS) is 14.5. The Bertz CT molecular complexity index is 1470. The van der Waals surface area contributed by atoms with Gasteiger partial charge in [0.2, 0.25) is 0 Å². The van der Waals surface area contributed by atoms with Gasteiger partial charge < -0.3 is 10.2 Å². The number of rotatable bonds is 6. The third-order valence-corrected chi connectivity index (χ3v) is 7.97. The Morgan fingerprint density at radius 1 is 1.05 bits per heavy atom. The van der Waals surface area contributed by atoms with E-state index in [2.05, 4.69) is 12.2 Å². The molecule has 3 heterocycles. The van der Waals surface area contributed by atoms with Crippen molar-refractivity contribution in [1.29, 1.82) is 0 Å². The number of hydrogen-bond acceptors (Lipinski definition) is 4. The van der Waals surface area contributed by atoms with Gasteiger partial charge in [0.15, 0.2) is 0 Å². The summed E-state index contributed by atoms with van der Waals surface area (Å²) in [6.45, 7) is 3.46. The molecule has 9 heteroatoms. The van der Waals surface area contributed by atoms with E-state index in [9.17, 15) is 9.59 Å². The number of para-hydroxylation sites is 1. The first-order valence-electron chi connectivity index (χ1n) is 12.4. The van der Waals surface area contributed by atoms with E-state index in [-0.39, 0.29) is 22.2 Å². The van der Waals surface area contributed by atoms with E-state index in [0.29, 0.717) is 29.6 Å². The van der Waals surface area contributed by atoms with Gasteiger partial charge in [-0.25, -0.2) is 4.68 Å². The Balaban J connectivity index is 1.57. The lowest BCUT2D eigenvalue weighted by molar-refractivity contribution is -0.128. The quantitative estimate of drug-likeness (QED) is 0.258. The number of aromatic nitrogens is 2. The summed E-state index contributed by atoms with van der Waals surface area (Å²) in [7, 11) is 0. The zero-order chi connectivity index (χ0) is 26.6. The first-order valence-corrected chi connectivity index (χ1v) is 14.0. The van der Waals surface area contributed by atoms with Crippen LogP contribution in [-0.4, -0.2) is 39.6 Å². The van der Waals surface area contributed by atoms with Crippen LogP contribution in [0.5, 0.6) is 0 Å². The minimum absolute atomic E-state index is 0.168. The molecule has 1 fully saturated rings. The highest BCUT2D eigenvalue weighted by atomic mass is 35.5.